The maximum Gasteiger partial charge on any atom is 0.0744 e. The SMILES string of the molecule is CC(C)(C)c1cc2c(cn1)[S@](=N)(=O)CCC2. The Kier molecular flexibility index (Phi) is 2.57. The number of rotatable bonds is 0. The van der Waals surface area contributed by atoms with Gasteiger partial charge in [0, 0.05) is 23.1 Å². The van der Waals surface area contributed by atoms with Crippen molar-refractivity contribution in [1.29, 1.82) is 4.78 Å². The van der Waals surface area contributed by atoms with Crippen molar-refractivity contribution in [2.45, 2.75) is 43.9 Å². The number of fused-ring (bicyclic) bond motifs is 1. The maximum absolute atomic E-state index is 12.0. The molecule has 0 bridgehead atoms. The van der Waals surface area contributed by atoms with Crippen molar-refractivity contribution in [2.75, 3.05) is 5.75 Å². The van der Waals surface area contributed by atoms with Crippen LogP contribution in [0.5, 0.6) is 0 Å². The maximum atomic E-state index is 12.0. The van der Waals surface area contributed by atoms with Crippen molar-refractivity contribution in [3.8, 4) is 0 Å². The third-order valence-corrected chi connectivity index (χ3v) is 4.89. The summed E-state index contributed by atoms with van der Waals surface area (Å²) in [5.74, 6) is 0.483. The second-order valence-corrected chi connectivity index (χ2v) is 7.61. The van der Waals surface area contributed by atoms with Crippen LogP contribution in [0.15, 0.2) is 17.2 Å². The number of aryl methyl sites for hydroxylation is 1. The minimum absolute atomic E-state index is 0.00931. The molecule has 0 unspecified atom stereocenters. The average Bonchev–Trinajstić information content (AvgIpc) is 2.15. The first-order valence-corrected chi connectivity index (χ1v) is 7.29. The molecule has 3 nitrogen and oxygen atoms in total. The zero-order valence-corrected chi connectivity index (χ0v) is 10.9. The predicted molar refractivity (Wildman–Crippen MR) is 65.3 cm³/mol. The van der Waals surface area contributed by atoms with Gasteiger partial charge in [-0.15, -0.1) is 0 Å². The largest absolute Gasteiger partial charge is 0.259 e. The lowest BCUT2D eigenvalue weighted by Crippen LogP contribution is -2.19. The van der Waals surface area contributed by atoms with Gasteiger partial charge in [-0.1, -0.05) is 20.8 Å². The zero-order chi connectivity index (χ0) is 12.0. The molecule has 1 aromatic heterocycles. The molecule has 0 radical (unpaired) electrons. The number of pyridine rings is 1. The molecule has 1 atom stereocenters. The number of aromatic nitrogens is 1. The van der Waals surface area contributed by atoms with Gasteiger partial charge >= 0.3 is 0 Å². The van der Waals surface area contributed by atoms with Crippen LogP contribution in [0.4, 0.5) is 0 Å². The average molecular weight is 238 g/mol. The Morgan fingerprint density at radius 3 is 2.75 bits per heavy atom. The minimum atomic E-state index is -2.57. The Balaban J connectivity index is 2.57. The van der Waals surface area contributed by atoms with Crippen LogP contribution in [-0.2, 0) is 21.6 Å². The van der Waals surface area contributed by atoms with Gasteiger partial charge in [0.25, 0.3) is 0 Å². The molecule has 1 aliphatic rings. The standard InChI is InChI=1S/C12H18N2OS/c1-12(2,3)11-7-9-5-4-6-16(13,15)10(9)8-14-11/h7-8,13H,4-6H2,1-3H3/t16-/m1/s1. The van der Waals surface area contributed by atoms with E-state index < -0.39 is 9.73 Å². The van der Waals surface area contributed by atoms with Crippen LogP contribution in [0.2, 0.25) is 0 Å². The van der Waals surface area contributed by atoms with E-state index in [1.54, 1.807) is 6.20 Å². The monoisotopic (exact) mass is 238 g/mol. The van der Waals surface area contributed by atoms with E-state index >= 15 is 0 Å². The lowest BCUT2D eigenvalue weighted by Gasteiger charge is -2.23. The van der Waals surface area contributed by atoms with Gasteiger partial charge in [0.2, 0.25) is 0 Å². The quantitative estimate of drug-likeness (QED) is 0.755. The second-order valence-electron chi connectivity index (χ2n) is 5.41. The first-order valence-electron chi connectivity index (χ1n) is 5.56. The summed E-state index contributed by atoms with van der Waals surface area (Å²) in [6.07, 6.45) is 3.43. The molecule has 1 N–H and O–H groups in total. The molecule has 1 aliphatic heterocycles. The lowest BCUT2D eigenvalue weighted by molar-refractivity contribution is 0.564. The van der Waals surface area contributed by atoms with Gasteiger partial charge in [0.05, 0.1) is 14.6 Å². The van der Waals surface area contributed by atoms with Crippen LogP contribution >= 0.6 is 0 Å². The van der Waals surface area contributed by atoms with Crippen LogP contribution < -0.4 is 0 Å². The van der Waals surface area contributed by atoms with Crippen molar-refractivity contribution in [1.82, 2.24) is 4.98 Å². The summed E-state index contributed by atoms with van der Waals surface area (Å²) in [5.41, 5.74) is 2.09. The van der Waals surface area contributed by atoms with E-state index in [1.807, 2.05) is 6.07 Å². The summed E-state index contributed by atoms with van der Waals surface area (Å²) in [4.78, 5) is 5.02. The molecule has 2 heterocycles. The zero-order valence-electron chi connectivity index (χ0n) is 10.0. The highest BCUT2D eigenvalue weighted by atomic mass is 32.2. The second kappa shape index (κ2) is 3.55. The molecule has 88 valence electrons. The fourth-order valence-corrected chi connectivity index (χ4v) is 3.54. The Hall–Kier alpha value is -0.900. The Labute approximate surface area is 97.3 Å². The van der Waals surface area contributed by atoms with Crippen molar-refractivity contribution < 1.29 is 4.21 Å². The van der Waals surface area contributed by atoms with E-state index in [0.29, 0.717) is 10.6 Å². The lowest BCUT2D eigenvalue weighted by atomic mass is 9.90. The first-order chi connectivity index (χ1) is 7.31. The van der Waals surface area contributed by atoms with Gasteiger partial charge in [0.1, 0.15) is 0 Å². The summed E-state index contributed by atoms with van der Waals surface area (Å²) in [7, 11) is -2.57. The van der Waals surface area contributed by atoms with Crippen LogP contribution in [0.3, 0.4) is 0 Å². The van der Waals surface area contributed by atoms with Crippen molar-refractivity contribution in [2.24, 2.45) is 0 Å². The third kappa shape index (κ3) is 1.98. The molecule has 1 aromatic rings. The van der Waals surface area contributed by atoms with E-state index in [9.17, 15) is 4.21 Å². The summed E-state index contributed by atoms with van der Waals surface area (Å²) < 4.78 is 19.8. The number of nitrogens with zero attached hydrogens (tertiary/aromatic N) is 1. The molecular formula is C12H18N2OS. The number of nitrogens with one attached hydrogen (secondary N) is 1. The summed E-state index contributed by atoms with van der Waals surface area (Å²) in [5, 5.41) is 0. The van der Waals surface area contributed by atoms with E-state index in [1.165, 1.54) is 0 Å². The van der Waals surface area contributed by atoms with Gasteiger partial charge in [-0.2, -0.15) is 0 Å². The molecule has 4 heteroatoms. The Morgan fingerprint density at radius 2 is 2.12 bits per heavy atom. The van der Waals surface area contributed by atoms with E-state index in [-0.39, 0.29) is 5.41 Å². The Bertz CT molecular complexity index is 512. The van der Waals surface area contributed by atoms with Gasteiger partial charge < -0.3 is 0 Å². The molecule has 0 saturated carbocycles. The molecule has 2 rings (SSSR count). The summed E-state index contributed by atoms with van der Waals surface area (Å²) >= 11 is 0. The van der Waals surface area contributed by atoms with Gasteiger partial charge in [-0.25, -0.2) is 8.99 Å². The van der Waals surface area contributed by atoms with E-state index in [2.05, 4.69) is 25.8 Å². The highest BCUT2D eigenvalue weighted by molar-refractivity contribution is 7.92. The normalized spacial score (nSPS) is 25.2. The van der Waals surface area contributed by atoms with Crippen molar-refractivity contribution in [3.05, 3.63) is 23.5 Å². The molecule has 0 saturated heterocycles. The third-order valence-electron chi connectivity index (χ3n) is 2.95. The number of hydrogen-bond donors (Lipinski definition) is 1. The van der Waals surface area contributed by atoms with E-state index in [0.717, 1.165) is 24.1 Å². The van der Waals surface area contributed by atoms with Crippen molar-refractivity contribution >= 4 is 9.73 Å². The fourth-order valence-electron chi connectivity index (χ4n) is 1.96. The highest BCUT2D eigenvalue weighted by Gasteiger charge is 2.23. The van der Waals surface area contributed by atoms with Crippen LogP contribution in [0.1, 0.15) is 38.4 Å². The molecule has 0 aromatic carbocycles. The molecule has 16 heavy (non-hydrogen) atoms. The molecule has 0 spiro atoms. The summed E-state index contributed by atoms with van der Waals surface area (Å²) in [6, 6.07) is 2.03. The highest BCUT2D eigenvalue weighted by Crippen LogP contribution is 2.28. The van der Waals surface area contributed by atoms with Gasteiger partial charge in [-0.05, 0) is 24.5 Å². The molecule has 0 aliphatic carbocycles. The number of hydrogen-bond acceptors (Lipinski definition) is 3. The smallest absolute Gasteiger partial charge is 0.0744 e. The fraction of sp³-hybridized carbons (Fsp3) is 0.583. The van der Waals surface area contributed by atoms with Crippen LogP contribution in [0.25, 0.3) is 0 Å². The predicted octanol–water partition coefficient (Wildman–Crippen LogP) is 2.73. The Morgan fingerprint density at radius 1 is 1.44 bits per heavy atom. The molecule has 0 fully saturated rings. The molecular weight excluding hydrogens is 220 g/mol. The summed E-state index contributed by atoms with van der Waals surface area (Å²) in [6.45, 7) is 6.34. The minimum Gasteiger partial charge on any atom is -0.259 e. The first kappa shape index (κ1) is 11.6. The van der Waals surface area contributed by atoms with Crippen LogP contribution in [-0.4, -0.2) is 14.9 Å². The topological polar surface area (TPSA) is 53.8 Å². The van der Waals surface area contributed by atoms with Crippen molar-refractivity contribution in [3.63, 3.8) is 0 Å². The molecule has 0 amide bonds. The van der Waals surface area contributed by atoms with Gasteiger partial charge in [-0.3, -0.25) is 4.98 Å². The van der Waals surface area contributed by atoms with Gasteiger partial charge in [0.15, 0.2) is 0 Å². The van der Waals surface area contributed by atoms with Crippen LogP contribution in [0, 0.1) is 4.78 Å². The van der Waals surface area contributed by atoms with E-state index in [4.69, 9.17) is 4.78 Å².